The van der Waals surface area contributed by atoms with Crippen LogP contribution in [-0.4, -0.2) is 15.8 Å². The first kappa shape index (κ1) is 13.1. The van der Waals surface area contributed by atoms with Gasteiger partial charge in [-0.1, -0.05) is 25.7 Å². The van der Waals surface area contributed by atoms with E-state index >= 15 is 0 Å². The van der Waals surface area contributed by atoms with Gasteiger partial charge in [0.25, 0.3) is 0 Å². The maximum Gasteiger partial charge on any atom is 0.124 e. The van der Waals surface area contributed by atoms with Crippen molar-refractivity contribution in [2.75, 3.05) is 0 Å². The first-order chi connectivity index (χ1) is 8.83. The fraction of sp³-hybridized carbons (Fsp3) is 0.714. The van der Waals surface area contributed by atoms with Crippen LogP contribution in [0.1, 0.15) is 57.1 Å². The van der Waals surface area contributed by atoms with Gasteiger partial charge in [-0.15, -0.1) is 0 Å². The van der Waals surface area contributed by atoms with Crippen LogP contribution in [0.25, 0.3) is 0 Å². The molecule has 1 N–H and O–H groups in total. The maximum atomic E-state index is 9.31. The third-order valence-corrected chi connectivity index (χ3v) is 3.70. The molecule has 0 bridgehead atoms. The highest BCUT2D eigenvalue weighted by Crippen LogP contribution is 2.20. The van der Waals surface area contributed by atoms with Gasteiger partial charge in [-0.3, -0.25) is 10.00 Å². The Hall–Kier alpha value is -1.34. The summed E-state index contributed by atoms with van der Waals surface area (Å²) in [6.07, 6.45) is 11.4. The number of nitrogens with one attached hydrogen (secondary N) is 1. The van der Waals surface area contributed by atoms with Crippen molar-refractivity contribution < 1.29 is 0 Å². The minimum atomic E-state index is -0.214. The second-order valence-corrected chi connectivity index (χ2v) is 5.05. The van der Waals surface area contributed by atoms with E-state index in [0.717, 1.165) is 12.1 Å². The molecule has 1 fully saturated rings. The lowest BCUT2D eigenvalue weighted by molar-refractivity contribution is 0.436. The number of hydrogen-bond acceptors (Lipinski definition) is 3. The van der Waals surface area contributed by atoms with Crippen molar-refractivity contribution in [3.8, 4) is 6.07 Å². The lowest BCUT2D eigenvalue weighted by atomic mass is 10.1. The average molecular weight is 246 g/mol. The molecule has 1 heterocycles. The van der Waals surface area contributed by atoms with Gasteiger partial charge in [-0.2, -0.15) is 10.4 Å². The van der Waals surface area contributed by atoms with E-state index in [2.05, 4.69) is 23.4 Å². The Morgan fingerprint density at radius 2 is 2.17 bits per heavy atom. The quantitative estimate of drug-likeness (QED) is 0.831. The average Bonchev–Trinajstić information content (AvgIpc) is 2.73. The van der Waals surface area contributed by atoms with Crippen LogP contribution in [0.15, 0.2) is 12.4 Å². The predicted molar refractivity (Wildman–Crippen MR) is 70.9 cm³/mol. The summed E-state index contributed by atoms with van der Waals surface area (Å²) >= 11 is 0. The van der Waals surface area contributed by atoms with E-state index in [0.29, 0.717) is 6.04 Å². The number of nitriles is 1. The number of rotatable bonds is 4. The Kier molecular flexibility index (Phi) is 4.77. The Morgan fingerprint density at radius 1 is 1.44 bits per heavy atom. The van der Waals surface area contributed by atoms with E-state index in [4.69, 9.17) is 0 Å². The van der Waals surface area contributed by atoms with Crippen LogP contribution in [0, 0.1) is 11.3 Å². The number of aromatic nitrogens is 2. The van der Waals surface area contributed by atoms with Crippen LogP contribution < -0.4 is 5.32 Å². The van der Waals surface area contributed by atoms with Gasteiger partial charge in [0.15, 0.2) is 0 Å². The van der Waals surface area contributed by atoms with Crippen LogP contribution in [-0.2, 0) is 6.54 Å². The Labute approximate surface area is 109 Å². The lowest BCUT2D eigenvalue weighted by Gasteiger charge is -2.19. The van der Waals surface area contributed by atoms with E-state index in [-0.39, 0.29) is 6.04 Å². The number of hydrogen-bond donors (Lipinski definition) is 1. The molecule has 98 valence electrons. The first-order valence-corrected chi connectivity index (χ1v) is 7.01. The van der Waals surface area contributed by atoms with Crippen molar-refractivity contribution in [2.24, 2.45) is 0 Å². The molecule has 1 aliphatic carbocycles. The summed E-state index contributed by atoms with van der Waals surface area (Å²) < 4.78 is 1.87. The van der Waals surface area contributed by atoms with Crippen LogP contribution in [0.2, 0.25) is 0 Å². The number of aryl methyl sites for hydroxylation is 1. The zero-order valence-electron chi connectivity index (χ0n) is 11.1. The highest BCUT2D eigenvalue weighted by atomic mass is 15.3. The fourth-order valence-corrected chi connectivity index (χ4v) is 2.59. The van der Waals surface area contributed by atoms with E-state index in [9.17, 15) is 5.26 Å². The molecule has 0 saturated heterocycles. The van der Waals surface area contributed by atoms with E-state index < -0.39 is 0 Å². The Balaban J connectivity index is 1.98. The molecular weight excluding hydrogens is 224 g/mol. The van der Waals surface area contributed by atoms with Gasteiger partial charge in [0, 0.05) is 24.3 Å². The molecule has 18 heavy (non-hydrogen) atoms. The molecule has 0 spiro atoms. The summed E-state index contributed by atoms with van der Waals surface area (Å²) in [5.74, 6) is 0. The number of nitrogens with zero attached hydrogens (tertiary/aromatic N) is 3. The minimum Gasteiger partial charge on any atom is -0.295 e. The second kappa shape index (κ2) is 6.55. The Bertz CT molecular complexity index is 396. The third kappa shape index (κ3) is 3.33. The molecule has 1 aliphatic rings. The predicted octanol–water partition coefficient (Wildman–Crippen LogP) is 2.78. The SMILES string of the molecule is CCn1cc(C(C#N)NC2CCCCCC2)cn1. The molecule has 1 unspecified atom stereocenters. The highest BCUT2D eigenvalue weighted by molar-refractivity contribution is 5.18. The van der Waals surface area contributed by atoms with Crippen LogP contribution >= 0.6 is 0 Å². The second-order valence-electron chi connectivity index (χ2n) is 5.05. The molecule has 1 atom stereocenters. The molecule has 0 aliphatic heterocycles. The highest BCUT2D eigenvalue weighted by Gasteiger charge is 2.19. The molecule has 2 rings (SSSR count). The molecule has 0 aromatic carbocycles. The molecule has 1 aromatic heterocycles. The Morgan fingerprint density at radius 3 is 2.72 bits per heavy atom. The lowest BCUT2D eigenvalue weighted by Crippen LogP contribution is -2.31. The third-order valence-electron chi connectivity index (χ3n) is 3.70. The topological polar surface area (TPSA) is 53.6 Å². The molecule has 0 amide bonds. The minimum absolute atomic E-state index is 0.214. The first-order valence-electron chi connectivity index (χ1n) is 7.01. The van der Waals surface area contributed by atoms with Crippen LogP contribution in [0.3, 0.4) is 0 Å². The molecule has 4 nitrogen and oxygen atoms in total. The smallest absolute Gasteiger partial charge is 0.124 e. The normalized spacial score (nSPS) is 19.1. The molecule has 1 saturated carbocycles. The molecule has 4 heteroatoms. The summed E-state index contributed by atoms with van der Waals surface area (Å²) in [6.45, 7) is 2.90. The standard InChI is InChI=1S/C14H22N4/c1-2-18-11-12(10-16-18)14(9-15)17-13-7-5-3-4-6-8-13/h10-11,13-14,17H,2-8H2,1H3. The largest absolute Gasteiger partial charge is 0.295 e. The van der Waals surface area contributed by atoms with Crippen molar-refractivity contribution in [2.45, 2.75) is 64.1 Å². The van der Waals surface area contributed by atoms with Crippen molar-refractivity contribution in [1.29, 1.82) is 5.26 Å². The van der Waals surface area contributed by atoms with Crippen LogP contribution in [0.5, 0.6) is 0 Å². The van der Waals surface area contributed by atoms with E-state index in [1.54, 1.807) is 6.20 Å². The van der Waals surface area contributed by atoms with Crippen molar-refractivity contribution in [3.63, 3.8) is 0 Å². The van der Waals surface area contributed by atoms with Crippen molar-refractivity contribution >= 4 is 0 Å². The summed E-state index contributed by atoms with van der Waals surface area (Å²) in [7, 11) is 0. The van der Waals surface area contributed by atoms with Gasteiger partial charge in [-0.25, -0.2) is 0 Å². The summed E-state index contributed by atoms with van der Waals surface area (Å²) in [6, 6.07) is 2.63. The van der Waals surface area contributed by atoms with Gasteiger partial charge in [0.1, 0.15) is 6.04 Å². The van der Waals surface area contributed by atoms with Crippen LogP contribution in [0.4, 0.5) is 0 Å². The summed E-state index contributed by atoms with van der Waals surface area (Å²) in [5, 5.41) is 17.0. The van der Waals surface area contributed by atoms with Crippen molar-refractivity contribution in [1.82, 2.24) is 15.1 Å². The summed E-state index contributed by atoms with van der Waals surface area (Å²) in [5.41, 5.74) is 0.989. The monoisotopic (exact) mass is 246 g/mol. The van der Waals surface area contributed by atoms with Gasteiger partial charge >= 0.3 is 0 Å². The molecule has 0 radical (unpaired) electrons. The van der Waals surface area contributed by atoms with Gasteiger partial charge in [0.2, 0.25) is 0 Å². The zero-order chi connectivity index (χ0) is 12.8. The van der Waals surface area contributed by atoms with Gasteiger partial charge in [-0.05, 0) is 19.8 Å². The maximum absolute atomic E-state index is 9.31. The van der Waals surface area contributed by atoms with Gasteiger partial charge < -0.3 is 0 Å². The fourth-order valence-electron chi connectivity index (χ4n) is 2.59. The zero-order valence-corrected chi connectivity index (χ0v) is 11.1. The molecule has 1 aromatic rings. The van der Waals surface area contributed by atoms with E-state index in [1.807, 2.05) is 10.9 Å². The molecular formula is C14H22N4. The summed E-state index contributed by atoms with van der Waals surface area (Å²) in [4.78, 5) is 0. The van der Waals surface area contributed by atoms with E-state index in [1.165, 1.54) is 38.5 Å². The van der Waals surface area contributed by atoms with Crippen molar-refractivity contribution in [3.05, 3.63) is 18.0 Å². The van der Waals surface area contributed by atoms with Gasteiger partial charge in [0.05, 0.1) is 12.3 Å².